The molecule has 0 heterocycles. The number of halogens is 2. The lowest BCUT2D eigenvalue weighted by Gasteiger charge is -2.20. The first-order valence-corrected chi connectivity index (χ1v) is 9.88. The summed E-state index contributed by atoms with van der Waals surface area (Å²) in [7, 11) is 0.749. The second kappa shape index (κ2) is 8.69. The minimum atomic E-state index is -3.63. The van der Waals surface area contributed by atoms with Crippen LogP contribution in [0.1, 0.15) is 11.1 Å². The van der Waals surface area contributed by atoms with Crippen molar-refractivity contribution in [3.8, 4) is 0 Å². The zero-order valence-corrected chi connectivity index (χ0v) is 16.8. The number of rotatable bonds is 6. The lowest BCUT2D eigenvalue weighted by molar-refractivity contribution is 0.206. The van der Waals surface area contributed by atoms with Gasteiger partial charge in [-0.05, 0) is 23.8 Å². The molecular weight excluding hydrogens is 393 g/mol. The number of nitrogens with one attached hydrogen (secondary N) is 1. The summed E-state index contributed by atoms with van der Waals surface area (Å²) in [6.45, 7) is -0.00754. The Kier molecular flexibility index (Phi) is 6.80. The fourth-order valence-electron chi connectivity index (χ4n) is 2.40. The van der Waals surface area contributed by atoms with Crippen molar-refractivity contribution in [3.63, 3.8) is 0 Å². The zero-order chi connectivity index (χ0) is 20.2. The Morgan fingerprint density at radius 2 is 1.78 bits per heavy atom. The predicted molar refractivity (Wildman–Crippen MR) is 102 cm³/mol. The molecule has 2 amide bonds. The molecule has 0 saturated heterocycles. The maximum Gasteiger partial charge on any atom is 0.317 e. The Hall–Kier alpha value is -2.16. The molecule has 0 aliphatic carbocycles. The van der Waals surface area contributed by atoms with Crippen molar-refractivity contribution in [2.24, 2.45) is 0 Å². The van der Waals surface area contributed by atoms with Crippen molar-refractivity contribution < 1.29 is 17.6 Å². The highest BCUT2D eigenvalue weighted by molar-refractivity contribution is 7.89. The lowest BCUT2D eigenvalue weighted by atomic mass is 10.2. The molecule has 0 aliphatic rings. The van der Waals surface area contributed by atoms with Crippen molar-refractivity contribution in [2.75, 3.05) is 21.1 Å². The van der Waals surface area contributed by atoms with Crippen LogP contribution in [0.15, 0.2) is 47.4 Å². The second-order valence-corrected chi connectivity index (χ2v) is 8.64. The Balaban J connectivity index is 2.10. The maximum absolute atomic E-state index is 13.9. The molecule has 0 spiro atoms. The van der Waals surface area contributed by atoms with Gasteiger partial charge < -0.3 is 10.2 Å². The van der Waals surface area contributed by atoms with Crippen LogP contribution in [0.5, 0.6) is 0 Å². The molecule has 0 aliphatic heterocycles. The van der Waals surface area contributed by atoms with E-state index < -0.39 is 21.9 Å². The third-order valence-electron chi connectivity index (χ3n) is 3.96. The number of carbonyl (C=O) groups is 1. The summed E-state index contributed by atoms with van der Waals surface area (Å²) in [6.07, 6.45) is 0. The number of nitrogens with zero attached hydrogens (tertiary/aromatic N) is 2. The highest BCUT2D eigenvalue weighted by atomic mass is 35.5. The molecule has 0 unspecified atom stereocenters. The SMILES string of the molecule is CN(Cc1c(F)cccc1Cl)C(=O)NCc1ccccc1S(=O)(=O)N(C)C. The van der Waals surface area contributed by atoms with Gasteiger partial charge in [0.25, 0.3) is 0 Å². The summed E-state index contributed by atoms with van der Waals surface area (Å²) in [6, 6.07) is 10.3. The van der Waals surface area contributed by atoms with E-state index in [1.807, 2.05) is 0 Å². The topological polar surface area (TPSA) is 69.7 Å². The van der Waals surface area contributed by atoms with Crippen LogP contribution >= 0.6 is 11.6 Å². The van der Waals surface area contributed by atoms with Gasteiger partial charge in [-0.15, -0.1) is 0 Å². The van der Waals surface area contributed by atoms with Crippen molar-refractivity contribution in [1.29, 1.82) is 0 Å². The molecule has 2 rings (SSSR count). The number of sulfonamides is 1. The van der Waals surface area contributed by atoms with Crippen molar-refractivity contribution >= 4 is 27.7 Å². The van der Waals surface area contributed by atoms with Crippen LogP contribution in [0, 0.1) is 5.82 Å². The van der Waals surface area contributed by atoms with Gasteiger partial charge in [0.1, 0.15) is 5.82 Å². The quantitative estimate of drug-likeness (QED) is 0.791. The third-order valence-corrected chi connectivity index (χ3v) is 6.23. The first kappa shape index (κ1) is 21.1. The van der Waals surface area contributed by atoms with E-state index in [1.54, 1.807) is 24.3 Å². The molecule has 6 nitrogen and oxygen atoms in total. The van der Waals surface area contributed by atoms with E-state index in [0.717, 1.165) is 4.31 Å². The standard InChI is InChI=1S/C18H21ClFN3O3S/c1-22(2)27(25,26)17-10-5-4-7-13(17)11-21-18(24)23(3)12-14-15(19)8-6-9-16(14)20/h4-10H,11-12H2,1-3H3,(H,21,24). The molecule has 2 aromatic carbocycles. The number of benzene rings is 2. The summed E-state index contributed by atoms with van der Waals surface area (Å²) in [5, 5.41) is 2.88. The number of amides is 2. The van der Waals surface area contributed by atoms with Crippen LogP contribution in [0.25, 0.3) is 0 Å². The molecule has 2 aromatic rings. The number of carbonyl (C=O) groups excluding carboxylic acids is 1. The molecule has 0 saturated carbocycles. The monoisotopic (exact) mass is 413 g/mol. The molecule has 0 fully saturated rings. The highest BCUT2D eigenvalue weighted by Gasteiger charge is 2.21. The van der Waals surface area contributed by atoms with Crippen LogP contribution < -0.4 is 5.32 Å². The Bertz CT molecular complexity index is 915. The molecule has 0 aromatic heterocycles. The van der Waals surface area contributed by atoms with E-state index in [9.17, 15) is 17.6 Å². The molecule has 1 N–H and O–H groups in total. The van der Waals surface area contributed by atoms with Gasteiger partial charge in [0, 0.05) is 38.3 Å². The van der Waals surface area contributed by atoms with Gasteiger partial charge in [-0.25, -0.2) is 21.9 Å². The first-order chi connectivity index (χ1) is 12.6. The normalized spacial score (nSPS) is 11.5. The van der Waals surface area contributed by atoms with Gasteiger partial charge >= 0.3 is 6.03 Å². The van der Waals surface area contributed by atoms with E-state index in [-0.39, 0.29) is 28.6 Å². The summed E-state index contributed by atoms with van der Waals surface area (Å²) < 4.78 is 39.8. The predicted octanol–water partition coefficient (Wildman–Crippen LogP) is 3.07. The average Bonchev–Trinajstić information content (AvgIpc) is 2.62. The van der Waals surface area contributed by atoms with Crippen molar-refractivity contribution in [3.05, 3.63) is 64.4 Å². The zero-order valence-electron chi connectivity index (χ0n) is 15.2. The smallest absolute Gasteiger partial charge is 0.317 e. The van der Waals surface area contributed by atoms with Gasteiger partial charge in [-0.1, -0.05) is 35.9 Å². The van der Waals surface area contributed by atoms with E-state index in [2.05, 4.69) is 5.32 Å². The fraction of sp³-hybridized carbons (Fsp3) is 0.278. The van der Waals surface area contributed by atoms with Crippen LogP contribution in [0.2, 0.25) is 5.02 Å². The minimum Gasteiger partial charge on any atom is -0.334 e. The van der Waals surface area contributed by atoms with Crippen LogP contribution in [-0.2, 0) is 23.1 Å². The Labute approximate surface area is 163 Å². The van der Waals surface area contributed by atoms with E-state index in [1.165, 1.54) is 44.2 Å². The lowest BCUT2D eigenvalue weighted by Crippen LogP contribution is -2.37. The van der Waals surface area contributed by atoms with Gasteiger partial charge in [0.15, 0.2) is 0 Å². The van der Waals surface area contributed by atoms with Gasteiger partial charge in [-0.3, -0.25) is 0 Å². The Morgan fingerprint density at radius 3 is 2.41 bits per heavy atom. The summed E-state index contributed by atoms with van der Waals surface area (Å²) >= 11 is 5.98. The van der Waals surface area contributed by atoms with E-state index in [4.69, 9.17) is 11.6 Å². The van der Waals surface area contributed by atoms with Crippen LogP contribution in [0.3, 0.4) is 0 Å². The molecule has 9 heteroatoms. The molecule has 0 radical (unpaired) electrons. The molecule has 0 atom stereocenters. The van der Waals surface area contributed by atoms with Crippen LogP contribution in [-0.4, -0.2) is 44.8 Å². The van der Waals surface area contributed by atoms with E-state index in [0.29, 0.717) is 5.56 Å². The maximum atomic E-state index is 13.9. The van der Waals surface area contributed by atoms with Gasteiger partial charge in [0.05, 0.1) is 11.4 Å². The summed E-state index contributed by atoms with van der Waals surface area (Å²) in [5.74, 6) is -0.496. The number of hydrogen-bond donors (Lipinski definition) is 1. The third kappa shape index (κ3) is 4.97. The molecular formula is C18H21ClFN3O3S. The van der Waals surface area contributed by atoms with E-state index >= 15 is 0 Å². The Morgan fingerprint density at radius 1 is 1.11 bits per heavy atom. The van der Waals surface area contributed by atoms with Crippen LogP contribution in [0.4, 0.5) is 9.18 Å². The fourth-order valence-corrected chi connectivity index (χ4v) is 3.73. The minimum absolute atomic E-state index is 0.0113. The van der Waals surface area contributed by atoms with Gasteiger partial charge in [-0.2, -0.15) is 0 Å². The van der Waals surface area contributed by atoms with Gasteiger partial charge in [0.2, 0.25) is 10.0 Å². The second-order valence-electron chi connectivity index (χ2n) is 6.11. The first-order valence-electron chi connectivity index (χ1n) is 8.07. The molecule has 0 bridgehead atoms. The average molecular weight is 414 g/mol. The number of urea groups is 1. The highest BCUT2D eigenvalue weighted by Crippen LogP contribution is 2.21. The largest absolute Gasteiger partial charge is 0.334 e. The number of hydrogen-bond acceptors (Lipinski definition) is 3. The van der Waals surface area contributed by atoms with Crippen molar-refractivity contribution in [1.82, 2.24) is 14.5 Å². The summed E-state index contributed by atoms with van der Waals surface area (Å²) in [5.41, 5.74) is 0.671. The van der Waals surface area contributed by atoms with Crippen molar-refractivity contribution in [2.45, 2.75) is 18.0 Å². The molecule has 27 heavy (non-hydrogen) atoms. The summed E-state index contributed by atoms with van der Waals surface area (Å²) in [4.78, 5) is 13.7. The molecule has 146 valence electrons.